The third kappa shape index (κ3) is 5.09. The van der Waals surface area contributed by atoms with E-state index in [2.05, 4.69) is 4.98 Å². The number of nitrogens with zero attached hydrogens (tertiary/aromatic N) is 4. The van der Waals surface area contributed by atoms with Gasteiger partial charge in [0.05, 0.1) is 10.9 Å². The fraction of sp³-hybridized carbons (Fsp3) is 0.458. The zero-order chi connectivity index (χ0) is 23.4. The van der Waals surface area contributed by atoms with E-state index in [0.717, 1.165) is 31.2 Å². The first kappa shape index (κ1) is 23.4. The second-order valence-electron chi connectivity index (χ2n) is 8.58. The quantitative estimate of drug-likeness (QED) is 0.685. The van der Waals surface area contributed by atoms with Crippen LogP contribution in [-0.4, -0.2) is 72.0 Å². The van der Waals surface area contributed by atoms with Gasteiger partial charge in [0.1, 0.15) is 0 Å². The Balaban J connectivity index is 1.51. The van der Waals surface area contributed by atoms with Crippen LogP contribution in [0.5, 0.6) is 0 Å². The van der Waals surface area contributed by atoms with Gasteiger partial charge < -0.3 is 9.80 Å². The molecule has 176 valence electrons. The summed E-state index contributed by atoms with van der Waals surface area (Å²) in [6.07, 6.45) is 7.49. The van der Waals surface area contributed by atoms with Gasteiger partial charge in [-0.1, -0.05) is 12.8 Å². The Kier molecular flexibility index (Phi) is 7.09. The van der Waals surface area contributed by atoms with Crippen LogP contribution in [0, 0.1) is 0 Å². The number of carbonyl (C=O) groups excluding carboxylic acids is 2. The van der Waals surface area contributed by atoms with E-state index >= 15 is 0 Å². The summed E-state index contributed by atoms with van der Waals surface area (Å²) < 4.78 is 27.5. The van der Waals surface area contributed by atoms with Gasteiger partial charge in [-0.25, -0.2) is 8.42 Å². The molecule has 0 bridgehead atoms. The van der Waals surface area contributed by atoms with Crippen molar-refractivity contribution in [2.45, 2.75) is 43.5 Å². The molecule has 2 aromatic rings. The second kappa shape index (κ2) is 10.0. The Bertz CT molecular complexity index is 1080. The van der Waals surface area contributed by atoms with Crippen LogP contribution in [0.1, 0.15) is 54.6 Å². The van der Waals surface area contributed by atoms with Crippen molar-refractivity contribution in [3.8, 4) is 0 Å². The van der Waals surface area contributed by atoms with Crippen LogP contribution >= 0.6 is 0 Å². The molecule has 2 aliphatic rings. The fourth-order valence-electron chi connectivity index (χ4n) is 4.61. The monoisotopic (exact) mass is 470 g/mol. The van der Waals surface area contributed by atoms with E-state index in [9.17, 15) is 18.0 Å². The van der Waals surface area contributed by atoms with Gasteiger partial charge in [-0.2, -0.15) is 4.31 Å². The molecule has 0 aliphatic carbocycles. The summed E-state index contributed by atoms with van der Waals surface area (Å²) in [5.74, 6) is -0.133. The minimum atomic E-state index is -3.67. The number of hydrogen-bond acceptors (Lipinski definition) is 5. The normalized spacial score (nSPS) is 20.3. The fourth-order valence-corrected chi connectivity index (χ4v) is 6.03. The average molecular weight is 471 g/mol. The molecule has 33 heavy (non-hydrogen) atoms. The third-order valence-corrected chi connectivity index (χ3v) is 8.44. The number of aromatic nitrogens is 1. The lowest BCUT2D eigenvalue weighted by Gasteiger charge is -2.33. The first-order valence-corrected chi connectivity index (χ1v) is 12.9. The van der Waals surface area contributed by atoms with Gasteiger partial charge in [-0.3, -0.25) is 14.6 Å². The van der Waals surface area contributed by atoms with Gasteiger partial charge in [-0.05, 0) is 54.8 Å². The molecule has 8 nitrogen and oxygen atoms in total. The molecule has 1 aromatic carbocycles. The summed E-state index contributed by atoms with van der Waals surface area (Å²) in [6.45, 7) is 3.47. The van der Waals surface area contributed by atoms with Crippen molar-refractivity contribution >= 4 is 21.8 Å². The second-order valence-corrected chi connectivity index (χ2v) is 10.5. The van der Waals surface area contributed by atoms with Crippen molar-refractivity contribution in [1.29, 1.82) is 0 Å². The van der Waals surface area contributed by atoms with E-state index in [4.69, 9.17) is 0 Å². The molecule has 0 N–H and O–H groups in total. The number of amides is 2. The molecule has 0 radical (unpaired) electrons. The van der Waals surface area contributed by atoms with Crippen LogP contribution in [-0.2, 0) is 14.8 Å². The Morgan fingerprint density at radius 2 is 1.55 bits per heavy atom. The van der Waals surface area contributed by atoms with Crippen LogP contribution in [0.4, 0.5) is 0 Å². The van der Waals surface area contributed by atoms with Crippen molar-refractivity contribution in [3.63, 3.8) is 0 Å². The van der Waals surface area contributed by atoms with E-state index in [0.29, 0.717) is 25.2 Å². The molecular formula is C24H30N4O4S. The van der Waals surface area contributed by atoms with Crippen LogP contribution in [0.2, 0.25) is 0 Å². The zero-order valence-electron chi connectivity index (χ0n) is 18.9. The van der Waals surface area contributed by atoms with Crippen molar-refractivity contribution in [2.24, 2.45) is 0 Å². The topological polar surface area (TPSA) is 90.9 Å². The molecule has 0 saturated carbocycles. The molecular weight excluding hydrogens is 440 g/mol. The zero-order valence-corrected chi connectivity index (χ0v) is 19.7. The highest BCUT2D eigenvalue weighted by Gasteiger charge is 2.31. The minimum Gasteiger partial charge on any atom is -0.340 e. The number of likely N-dealkylation sites (tertiary alicyclic amines) is 1. The van der Waals surface area contributed by atoms with Crippen LogP contribution in [0.3, 0.4) is 0 Å². The Hall–Kier alpha value is -2.78. The summed E-state index contributed by atoms with van der Waals surface area (Å²) in [4.78, 5) is 32.7. The summed E-state index contributed by atoms with van der Waals surface area (Å²) in [6, 6.07) is 10.1. The van der Waals surface area contributed by atoms with Gasteiger partial charge in [0.15, 0.2) is 0 Å². The summed E-state index contributed by atoms with van der Waals surface area (Å²) in [7, 11) is -3.67. The number of pyridine rings is 1. The first-order chi connectivity index (χ1) is 15.9. The lowest BCUT2D eigenvalue weighted by atomic mass is 10.0. The number of carbonyl (C=O) groups is 2. The molecule has 2 aliphatic heterocycles. The Labute approximate surface area is 195 Å². The van der Waals surface area contributed by atoms with E-state index in [1.54, 1.807) is 29.4 Å². The van der Waals surface area contributed by atoms with Gasteiger partial charge in [0.25, 0.3) is 5.91 Å². The predicted molar refractivity (Wildman–Crippen MR) is 124 cm³/mol. The van der Waals surface area contributed by atoms with E-state index < -0.39 is 10.0 Å². The molecule has 2 saturated heterocycles. The summed E-state index contributed by atoms with van der Waals surface area (Å²) >= 11 is 0. The van der Waals surface area contributed by atoms with Crippen LogP contribution in [0.25, 0.3) is 0 Å². The van der Waals surface area contributed by atoms with Crippen molar-refractivity contribution < 1.29 is 18.0 Å². The van der Waals surface area contributed by atoms with Crippen molar-refractivity contribution in [3.05, 3.63) is 59.9 Å². The lowest BCUT2D eigenvalue weighted by Crippen LogP contribution is -2.49. The molecule has 0 spiro atoms. The SMILES string of the molecule is CC(=O)N1CCN(S(=O)(=O)c2ccc(C(=O)N3CCCCCC3c3ccncc3)cc2)CC1. The van der Waals surface area contributed by atoms with Gasteiger partial charge in [-0.15, -0.1) is 0 Å². The summed E-state index contributed by atoms with van der Waals surface area (Å²) in [5.41, 5.74) is 1.56. The maximum atomic E-state index is 13.4. The Morgan fingerprint density at radius 3 is 2.18 bits per heavy atom. The first-order valence-electron chi connectivity index (χ1n) is 11.4. The molecule has 1 atom stereocenters. The van der Waals surface area contributed by atoms with Gasteiger partial charge >= 0.3 is 0 Å². The average Bonchev–Trinajstić information content (AvgIpc) is 3.10. The third-order valence-electron chi connectivity index (χ3n) is 6.53. The molecule has 2 amide bonds. The summed E-state index contributed by atoms with van der Waals surface area (Å²) in [5, 5.41) is 0. The van der Waals surface area contributed by atoms with Crippen molar-refractivity contribution in [2.75, 3.05) is 32.7 Å². The number of piperazine rings is 1. The molecule has 2 fully saturated rings. The largest absolute Gasteiger partial charge is 0.340 e. The van der Waals surface area contributed by atoms with Crippen LogP contribution in [0.15, 0.2) is 53.7 Å². The van der Waals surface area contributed by atoms with E-state index in [1.165, 1.54) is 23.4 Å². The number of rotatable bonds is 4. The maximum Gasteiger partial charge on any atom is 0.254 e. The van der Waals surface area contributed by atoms with E-state index in [-0.39, 0.29) is 35.8 Å². The minimum absolute atomic E-state index is 0.0102. The maximum absolute atomic E-state index is 13.4. The Morgan fingerprint density at radius 1 is 0.879 bits per heavy atom. The molecule has 4 rings (SSSR count). The number of hydrogen-bond donors (Lipinski definition) is 0. The molecule has 9 heteroatoms. The highest BCUT2D eigenvalue weighted by molar-refractivity contribution is 7.89. The predicted octanol–water partition coefficient (Wildman–Crippen LogP) is 2.69. The standard InChI is InChI=1S/C24H30N4O4S/c1-19(29)26-15-17-27(18-16-26)33(31,32)22-8-6-21(7-9-22)24(30)28-14-4-2-3-5-23(28)20-10-12-25-13-11-20/h6-13,23H,2-5,14-18H2,1H3. The lowest BCUT2D eigenvalue weighted by molar-refractivity contribution is -0.129. The van der Waals surface area contributed by atoms with E-state index in [1.807, 2.05) is 17.0 Å². The van der Waals surface area contributed by atoms with Crippen molar-refractivity contribution in [1.82, 2.24) is 19.1 Å². The number of benzene rings is 1. The molecule has 1 unspecified atom stereocenters. The smallest absolute Gasteiger partial charge is 0.254 e. The van der Waals surface area contributed by atoms with Crippen LogP contribution < -0.4 is 0 Å². The highest BCUT2D eigenvalue weighted by atomic mass is 32.2. The highest BCUT2D eigenvalue weighted by Crippen LogP contribution is 2.31. The molecule has 1 aromatic heterocycles. The van der Waals surface area contributed by atoms with Gasteiger partial charge in [0, 0.05) is 57.6 Å². The molecule has 3 heterocycles. The van der Waals surface area contributed by atoms with Gasteiger partial charge in [0.2, 0.25) is 15.9 Å². The number of sulfonamides is 1.